The number of ketones is 1. The molecule has 3 unspecified atom stereocenters. The molecule has 3 atom stereocenters. The van der Waals surface area contributed by atoms with Crippen molar-refractivity contribution in [2.75, 3.05) is 4.90 Å². The van der Waals surface area contributed by atoms with E-state index >= 15 is 0 Å². The first-order valence-corrected chi connectivity index (χ1v) is 24.1. The number of hydrogen-bond acceptors (Lipinski definition) is 10. The van der Waals surface area contributed by atoms with Crippen molar-refractivity contribution in [1.82, 2.24) is 14.1 Å². The van der Waals surface area contributed by atoms with Gasteiger partial charge in [-0.05, 0) is 72.8 Å². The Morgan fingerprint density at radius 1 is 0.653 bits per heavy atom. The molecule has 4 aromatic heterocycles. The van der Waals surface area contributed by atoms with Gasteiger partial charge in [0.2, 0.25) is 0 Å². The molecule has 5 aliphatic rings. The average molecular weight is 1820 g/mol. The normalized spacial score (nSPS) is 15.8. The van der Waals surface area contributed by atoms with Crippen LogP contribution in [-0.4, -0.2) is 44.8 Å². The summed E-state index contributed by atoms with van der Waals surface area (Å²) >= 11 is 3.01. The van der Waals surface area contributed by atoms with Crippen LogP contribution >= 0.6 is 22.7 Å². The third kappa shape index (κ3) is 12.8. The van der Waals surface area contributed by atoms with E-state index in [4.69, 9.17) is 0 Å². The van der Waals surface area contributed by atoms with E-state index in [1.165, 1.54) is 28.2 Å². The van der Waals surface area contributed by atoms with Crippen LogP contribution in [0, 0.1) is 138 Å². The quantitative estimate of drug-likeness (QED) is 0.126. The number of pyridine rings is 2. The molecule has 7 aromatic rings. The van der Waals surface area contributed by atoms with Crippen molar-refractivity contribution in [3.05, 3.63) is 173 Å². The van der Waals surface area contributed by atoms with Gasteiger partial charge in [0.1, 0.15) is 10.3 Å². The Morgan fingerprint density at radius 2 is 1.12 bits per heavy atom. The van der Waals surface area contributed by atoms with E-state index in [0.29, 0.717) is 30.2 Å². The van der Waals surface area contributed by atoms with Crippen molar-refractivity contribution in [2.45, 2.75) is 87.6 Å². The van der Waals surface area contributed by atoms with Crippen LogP contribution in [0.5, 0.6) is 0 Å². The maximum atomic E-state index is 12.5. The van der Waals surface area contributed by atoms with Crippen molar-refractivity contribution < 1.29 is 184 Å². The maximum absolute atomic E-state index is 12.5. The van der Waals surface area contributed by atoms with E-state index in [-0.39, 0.29) is 216 Å². The summed E-state index contributed by atoms with van der Waals surface area (Å²) in [4.78, 5) is 80.0. The van der Waals surface area contributed by atoms with Crippen molar-refractivity contribution in [3.63, 3.8) is 0 Å². The zero-order valence-electron chi connectivity index (χ0n) is 41.5. The SMILES string of the molecule is CC.CC.CC.CC1[CH-]C2C(=O)C([C-]=O)=C3Cc4ccccc4N3C2[CH-]1.Cc1[c-]c2c(=O)c([C-]=O)c3n(c2s1)-c1ccccc1C3.Cc1nc2c(=O)c([C-]=O)c3n(c2s1)-c1ccccc1C3.[3HH].[U].[U].[U].[V].[V].[Y]. The van der Waals surface area contributed by atoms with Crippen molar-refractivity contribution >= 4 is 73.6 Å². The van der Waals surface area contributed by atoms with Crippen LogP contribution in [0.2, 0.25) is 0 Å². The number of anilines is 1. The smallest absolute Gasteiger partial charge is 0.108 e. The van der Waals surface area contributed by atoms with Crippen LogP contribution in [-0.2, 0) is 108 Å². The summed E-state index contributed by atoms with van der Waals surface area (Å²) < 4.78 is 4.00. The van der Waals surface area contributed by atoms with E-state index < -0.39 is 0 Å². The first-order valence-electron chi connectivity index (χ1n) is 22.4. The fourth-order valence-corrected chi connectivity index (χ4v) is 11.3. The van der Waals surface area contributed by atoms with E-state index in [1.54, 1.807) is 0 Å². The number of aromatic nitrogens is 3. The van der Waals surface area contributed by atoms with E-state index in [9.17, 15) is 28.8 Å². The summed E-state index contributed by atoms with van der Waals surface area (Å²) in [7, 11) is 0. The van der Waals surface area contributed by atoms with Crippen molar-refractivity contribution in [2.24, 2.45) is 11.8 Å². The topological polar surface area (TPSA) is 128 Å². The molecule has 10 nitrogen and oxygen atoms in total. The number of thiazole rings is 1. The molecule has 0 saturated heterocycles. The number of allylic oxidation sites excluding steroid dienone is 2. The van der Waals surface area contributed by atoms with Crippen LogP contribution < -0.4 is 15.8 Å². The van der Waals surface area contributed by atoms with E-state index in [2.05, 4.69) is 41.4 Å². The fraction of sp³-hybridized carbons (Fsp3) is 0.278. The molecule has 0 N–H and O–H groups in total. The fourth-order valence-electron chi connectivity index (χ4n) is 9.32. The van der Waals surface area contributed by atoms with Crippen LogP contribution in [0.1, 0.15) is 99.0 Å². The summed E-state index contributed by atoms with van der Waals surface area (Å²) in [6, 6.07) is 27.1. The van der Waals surface area contributed by atoms with Crippen molar-refractivity contribution in [3.8, 4) is 11.4 Å². The number of aryl methyl sites for hydroxylation is 2. The second kappa shape index (κ2) is 30.9. The molecule has 8 heterocycles. The van der Waals surface area contributed by atoms with E-state index in [0.717, 1.165) is 64.8 Å². The van der Waals surface area contributed by atoms with E-state index in [1.807, 2.05) is 150 Å². The standard InChI is InChI=1S/C17H14NO2.C16H9NO2S.C15H9N2O2S.3C2H6.3U.2V.Y.H2/c1-10-6-12-15(7-10)18-14-5-3-2-4-11(14)8-16(18)13(9-19)17(12)20;1-9-6-11-15(19)12(8-18)14-7-10-4-2-3-5-13(10)17(14)16(11)20-9;1-8-16-13-14(19)10(7-18)12-6-9-4-2-3-5-11(9)17(12)15(13)20-8;3*1-2;;;;;;;/h2-7,10,12,15H,8H2,1H3;2-5H,7H2,1H3;2-5H,6H2,1H3;3*1-2H3;;;;;;;1H/q-3;-2;-1;;;;;;;;;;/i;;;;;;;;;;;;1+2. The van der Waals surface area contributed by atoms with Crippen LogP contribution in [0.25, 0.3) is 31.9 Å². The van der Waals surface area contributed by atoms with Gasteiger partial charge in [-0.25, -0.2) is 16.3 Å². The molecule has 3 aromatic carbocycles. The number of Topliss-reactive ketones (excluding diaryl/α,β-unsaturated/α-hetero) is 1. The molecule has 4 aliphatic heterocycles. The Bertz CT molecular complexity index is 3080. The molecule has 18 heteroatoms. The Hall–Kier alpha value is -0.941. The molecule has 0 amide bonds. The zero-order chi connectivity index (χ0) is 47.6. The first-order chi connectivity index (χ1) is 32.1. The van der Waals surface area contributed by atoms with Crippen LogP contribution in [0.3, 0.4) is 0 Å². The third-order valence-electron chi connectivity index (χ3n) is 11.8. The number of hydrogen-bond donors (Lipinski definition) is 0. The number of para-hydroxylation sites is 3. The summed E-state index contributed by atoms with van der Waals surface area (Å²) in [6.07, 6.45) is 11.6. The predicted octanol–water partition coefficient (Wildman–Crippen LogP) is 10.00. The summed E-state index contributed by atoms with van der Waals surface area (Å²) in [6.45, 7) is 17.9. The number of benzene rings is 3. The van der Waals surface area contributed by atoms with Gasteiger partial charge in [0.05, 0.1) is 34.8 Å². The summed E-state index contributed by atoms with van der Waals surface area (Å²) in [5.74, 6) is 0.00924. The summed E-state index contributed by atoms with van der Waals surface area (Å²) in [5.41, 5.74) is 9.19. The van der Waals surface area contributed by atoms with Gasteiger partial charge < -0.3 is 61.6 Å². The molecule has 72 heavy (non-hydrogen) atoms. The number of rotatable bonds is 3. The maximum Gasteiger partial charge on any atom is 0.108 e. The van der Waals surface area contributed by atoms with Gasteiger partial charge in [-0.2, -0.15) is 12.0 Å². The average Bonchev–Trinajstić information content (AvgIpc) is 4.21. The largest absolute Gasteiger partial charge is 0.426 e. The van der Waals surface area contributed by atoms with Gasteiger partial charge in [0.25, 0.3) is 0 Å². The molecular formula is C54H52N4O6S2U3V2Y-6. The minimum Gasteiger partial charge on any atom is -0.426 e. The molecule has 367 valence electrons. The van der Waals surface area contributed by atoms with Gasteiger partial charge in [0, 0.05) is 187 Å². The van der Waals surface area contributed by atoms with Gasteiger partial charge >= 0.3 is 0 Å². The Balaban J connectivity index is 0.000000968. The van der Waals surface area contributed by atoms with Gasteiger partial charge in [0.15, 0.2) is 0 Å². The van der Waals surface area contributed by atoms with Gasteiger partial charge in [-0.15, -0.1) is 29.7 Å². The molecule has 0 bridgehead atoms. The Morgan fingerprint density at radius 3 is 1.64 bits per heavy atom. The third-order valence-corrected chi connectivity index (χ3v) is 13.7. The van der Waals surface area contributed by atoms with Crippen LogP contribution in [0.4, 0.5) is 5.69 Å². The molecule has 3 radical (unpaired) electrons. The number of thiophene rings is 1. The number of nitrogens with zero attached hydrogens (tertiary/aromatic N) is 4. The second-order valence-corrected chi connectivity index (χ2v) is 17.7. The molecule has 12 rings (SSSR count). The van der Waals surface area contributed by atoms with Gasteiger partial charge in [-0.3, -0.25) is 0 Å². The van der Waals surface area contributed by atoms with Crippen molar-refractivity contribution in [1.29, 1.82) is 0 Å². The zero-order valence-corrected chi connectivity index (χ0v) is 61.2. The number of fused-ring (bicyclic) bond motifs is 15. The minimum absolute atomic E-state index is 0. The Kier molecular flexibility index (Phi) is 29.6. The first kappa shape index (κ1) is 69.1. The molecule has 1 fully saturated rings. The summed E-state index contributed by atoms with van der Waals surface area (Å²) in [5, 5.41) is 1.31. The molecule has 0 spiro atoms. The monoisotopic (exact) mass is 1820 g/mol. The number of carbonyl (C=O) groups excluding carboxylic acids is 4. The number of carbonyl (C=O) groups is 1. The second-order valence-electron chi connectivity index (χ2n) is 15.4. The van der Waals surface area contributed by atoms with Crippen LogP contribution in [0.15, 0.2) is 93.7 Å². The molecular weight excluding hydrogens is 1770 g/mol. The predicted molar refractivity (Wildman–Crippen MR) is 268 cm³/mol. The molecule has 1 saturated carbocycles. The molecule has 1 aliphatic carbocycles. The minimum atomic E-state index is -0.307. The van der Waals surface area contributed by atoms with Gasteiger partial charge in [-0.1, -0.05) is 135 Å². The Labute approximate surface area is 551 Å².